The van der Waals surface area contributed by atoms with Gasteiger partial charge in [-0.1, -0.05) is 32.0 Å². The first kappa shape index (κ1) is 18.3. The van der Waals surface area contributed by atoms with E-state index in [1.54, 1.807) is 11.8 Å². The number of nitrogens with zero attached hydrogens (tertiary/aromatic N) is 1. The molecule has 5 heteroatoms. The number of nitrogens with one attached hydrogen (secondary N) is 1. The van der Waals surface area contributed by atoms with E-state index in [0.29, 0.717) is 38.5 Å². The fourth-order valence-corrected chi connectivity index (χ4v) is 3.11. The normalized spacial score (nSPS) is 15.5. The first-order valence-electron chi connectivity index (χ1n) is 8.76. The van der Waals surface area contributed by atoms with E-state index in [9.17, 15) is 9.59 Å². The average molecular weight is 332 g/mol. The molecule has 0 aromatic heterocycles. The number of hydrogen-bond donors (Lipinski definition) is 1. The van der Waals surface area contributed by atoms with E-state index in [2.05, 4.69) is 25.2 Å². The van der Waals surface area contributed by atoms with Crippen LogP contribution in [0.2, 0.25) is 0 Å². The Morgan fingerprint density at radius 2 is 1.96 bits per heavy atom. The van der Waals surface area contributed by atoms with Crippen LogP contribution in [0, 0.1) is 12.8 Å². The van der Waals surface area contributed by atoms with Gasteiger partial charge in [-0.2, -0.15) is 0 Å². The minimum absolute atomic E-state index is 0.0507. The van der Waals surface area contributed by atoms with E-state index in [-0.39, 0.29) is 17.9 Å². The van der Waals surface area contributed by atoms with Crippen LogP contribution in [0.1, 0.15) is 50.7 Å². The molecule has 1 aromatic rings. The molecule has 1 saturated heterocycles. The number of ether oxygens (including phenoxy) is 1. The second-order valence-electron chi connectivity index (χ2n) is 6.64. The summed E-state index contributed by atoms with van der Waals surface area (Å²) in [6.07, 6.45) is 1.07. The molecule has 1 N–H and O–H groups in total. The van der Waals surface area contributed by atoms with Gasteiger partial charge in [0, 0.05) is 24.7 Å². The van der Waals surface area contributed by atoms with Crippen LogP contribution in [0.4, 0.5) is 10.5 Å². The number of amides is 2. The maximum Gasteiger partial charge on any atom is 0.409 e. The second kappa shape index (κ2) is 8.18. The van der Waals surface area contributed by atoms with Gasteiger partial charge in [0.15, 0.2) is 0 Å². The molecule has 2 amide bonds. The Morgan fingerprint density at radius 3 is 2.54 bits per heavy atom. The Morgan fingerprint density at radius 1 is 1.29 bits per heavy atom. The van der Waals surface area contributed by atoms with Crippen molar-refractivity contribution in [3.63, 3.8) is 0 Å². The number of para-hydroxylation sites is 1. The summed E-state index contributed by atoms with van der Waals surface area (Å²) >= 11 is 0. The summed E-state index contributed by atoms with van der Waals surface area (Å²) in [5, 5.41) is 3.13. The highest BCUT2D eigenvalue weighted by Gasteiger charge is 2.28. The molecule has 1 aromatic carbocycles. The van der Waals surface area contributed by atoms with E-state index >= 15 is 0 Å². The number of aryl methyl sites for hydroxylation is 1. The van der Waals surface area contributed by atoms with Crippen molar-refractivity contribution in [2.45, 2.75) is 46.5 Å². The summed E-state index contributed by atoms with van der Waals surface area (Å²) in [7, 11) is 0. The molecular formula is C19H28N2O3. The SMILES string of the molecule is CCOC(=O)N1CCC(C(=O)Nc2c(C)cccc2C(C)C)CC1. The maximum atomic E-state index is 12.7. The molecule has 1 aliphatic heterocycles. The van der Waals surface area contributed by atoms with Crippen molar-refractivity contribution in [3.05, 3.63) is 29.3 Å². The average Bonchev–Trinajstić information content (AvgIpc) is 2.56. The Bertz CT molecular complexity index is 590. The molecule has 0 bridgehead atoms. The van der Waals surface area contributed by atoms with Crippen LogP contribution in [0.25, 0.3) is 0 Å². The van der Waals surface area contributed by atoms with Crippen molar-refractivity contribution in [1.82, 2.24) is 4.90 Å². The summed E-state index contributed by atoms with van der Waals surface area (Å²) < 4.78 is 5.02. The molecule has 1 fully saturated rings. The largest absolute Gasteiger partial charge is 0.450 e. The topological polar surface area (TPSA) is 58.6 Å². The van der Waals surface area contributed by atoms with Crippen LogP contribution in [-0.2, 0) is 9.53 Å². The number of anilines is 1. The Labute approximate surface area is 144 Å². The highest BCUT2D eigenvalue weighted by Crippen LogP contribution is 2.29. The van der Waals surface area contributed by atoms with Crippen LogP contribution >= 0.6 is 0 Å². The highest BCUT2D eigenvalue weighted by atomic mass is 16.6. The molecule has 1 aliphatic rings. The number of likely N-dealkylation sites (tertiary alicyclic amines) is 1. The number of carbonyl (C=O) groups excluding carboxylic acids is 2. The number of hydrogen-bond acceptors (Lipinski definition) is 3. The van der Waals surface area contributed by atoms with Crippen molar-refractivity contribution in [1.29, 1.82) is 0 Å². The quantitative estimate of drug-likeness (QED) is 0.909. The number of rotatable bonds is 4. The fraction of sp³-hybridized carbons (Fsp3) is 0.579. The third kappa shape index (κ3) is 4.28. The van der Waals surface area contributed by atoms with E-state index in [1.165, 1.54) is 0 Å². The summed E-state index contributed by atoms with van der Waals surface area (Å²) in [6.45, 7) is 9.59. The predicted octanol–water partition coefficient (Wildman–Crippen LogP) is 3.93. The van der Waals surface area contributed by atoms with Crippen molar-refractivity contribution in [2.75, 3.05) is 25.0 Å². The molecular weight excluding hydrogens is 304 g/mol. The zero-order valence-corrected chi connectivity index (χ0v) is 15.1. The van der Waals surface area contributed by atoms with E-state index < -0.39 is 0 Å². The highest BCUT2D eigenvalue weighted by molar-refractivity contribution is 5.94. The van der Waals surface area contributed by atoms with Gasteiger partial charge in [-0.25, -0.2) is 4.79 Å². The minimum Gasteiger partial charge on any atom is -0.450 e. The lowest BCUT2D eigenvalue weighted by Gasteiger charge is -2.30. The van der Waals surface area contributed by atoms with Crippen LogP contribution in [0.3, 0.4) is 0 Å². The number of piperidine rings is 1. The lowest BCUT2D eigenvalue weighted by atomic mass is 9.94. The Kier molecular flexibility index (Phi) is 6.23. The van der Waals surface area contributed by atoms with Gasteiger partial charge >= 0.3 is 6.09 Å². The molecule has 0 radical (unpaired) electrons. The minimum atomic E-state index is -0.280. The molecule has 0 atom stereocenters. The molecule has 2 rings (SSSR count). The zero-order valence-electron chi connectivity index (χ0n) is 15.1. The molecule has 0 unspecified atom stereocenters. The van der Waals surface area contributed by atoms with Crippen LogP contribution in [0.5, 0.6) is 0 Å². The second-order valence-corrected chi connectivity index (χ2v) is 6.64. The summed E-state index contributed by atoms with van der Waals surface area (Å²) in [5.74, 6) is 0.343. The smallest absolute Gasteiger partial charge is 0.409 e. The van der Waals surface area contributed by atoms with Gasteiger partial charge < -0.3 is 15.0 Å². The monoisotopic (exact) mass is 332 g/mol. The first-order valence-corrected chi connectivity index (χ1v) is 8.76. The van der Waals surface area contributed by atoms with Gasteiger partial charge in [-0.3, -0.25) is 4.79 Å². The van der Waals surface area contributed by atoms with Gasteiger partial charge in [0.25, 0.3) is 0 Å². The third-order valence-corrected chi connectivity index (χ3v) is 4.57. The first-order chi connectivity index (χ1) is 11.4. The van der Waals surface area contributed by atoms with E-state index in [0.717, 1.165) is 16.8 Å². The zero-order chi connectivity index (χ0) is 17.7. The van der Waals surface area contributed by atoms with Gasteiger partial charge in [-0.05, 0) is 43.7 Å². The van der Waals surface area contributed by atoms with Crippen molar-refractivity contribution >= 4 is 17.7 Å². The standard InChI is InChI=1S/C19H28N2O3/c1-5-24-19(23)21-11-9-15(10-12-21)18(22)20-17-14(4)7-6-8-16(17)13(2)3/h6-8,13,15H,5,9-12H2,1-4H3,(H,20,22). The number of benzene rings is 1. The van der Waals surface area contributed by atoms with E-state index in [1.807, 2.05) is 19.1 Å². The molecule has 132 valence electrons. The molecule has 0 saturated carbocycles. The molecule has 1 heterocycles. The van der Waals surface area contributed by atoms with Gasteiger partial charge in [0.1, 0.15) is 0 Å². The molecule has 0 spiro atoms. The third-order valence-electron chi connectivity index (χ3n) is 4.57. The van der Waals surface area contributed by atoms with Crippen LogP contribution in [0.15, 0.2) is 18.2 Å². The Hall–Kier alpha value is -2.04. The predicted molar refractivity (Wildman–Crippen MR) is 95.2 cm³/mol. The van der Waals surface area contributed by atoms with Gasteiger partial charge in [-0.15, -0.1) is 0 Å². The fourth-order valence-electron chi connectivity index (χ4n) is 3.11. The van der Waals surface area contributed by atoms with Crippen LogP contribution in [-0.4, -0.2) is 36.6 Å². The maximum absolute atomic E-state index is 12.7. The van der Waals surface area contributed by atoms with Gasteiger partial charge in [0.05, 0.1) is 6.61 Å². The van der Waals surface area contributed by atoms with Crippen molar-refractivity contribution < 1.29 is 14.3 Å². The molecule has 5 nitrogen and oxygen atoms in total. The molecule has 24 heavy (non-hydrogen) atoms. The summed E-state index contributed by atoms with van der Waals surface area (Å²) in [6, 6.07) is 6.11. The lowest BCUT2D eigenvalue weighted by molar-refractivity contribution is -0.121. The number of carbonyl (C=O) groups is 2. The van der Waals surface area contributed by atoms with Gasteiger partial charge in [0.2, 0.25) is 5.91 Å². The Balaban J connectivity index is 1.99. The van der Waals surface area contributed by atoms with Crippen molar-refractivity contribution in [3.8, 4) is 0 Å². The van der Waals surface area contributed by atoms with Crippen LogP contribution < -0.4 is 5.32 Å². The molecule has 0 aliphatic carbocycles. The van der Waals surface area contributed by atoms with Crippen molar-refractivity contribution in [2.24, 2.45) is 5.92 Å². The summed E-state index contributed by atoms with van der Waals surface area (Å²) in [5.41, 5.74) is 3.18. The summed E-state index contributed by atoms with van der Waals surface area (Å²) in [4.78, 5) is 26.1. The lowest BCUT2D eigenvalue weighted by Crippen LogP contribution is -2.41. The van der Waals surface area contributed by atoms with E-state index in [4.69, 9.17) is 4.74 Å².